The summed E-state index contributed by atoms with van der Waals surface area (Å²) in [4.78, 5) is 0. The maximum Gasteiger partial charge on any atom is 0.119 e. The minimum atomic E-state index is 0.188. The number of ether oxygens (including phenoxy) is 1. The number of methoxy groups -OCH3 is 1. The molecule has 13 heavy (non-hydrogen) atoms. The Balaban J connectivity index is 2.78. The van der Waals surface area contributed by atoms with Crippen molar-refractivity contribution < 1.29 is 9.84 Å². The summed E-state index contributed by atoms with van der Waals surface area (Å²) in [5, 5.41) is 9.40. The molecule has 0 aliphatic carbocycles. The Labute approximate surface area is 83.1 Å². The van der Waals surface area contributed by atoms with Gasteiger partial charge in [-0.2, -0.15) is 0 Å². The van der Waals surface area contributed by atoms with Crippen molar-refractivity contribution in [1.82, 2.24) is 0 Å². The standard InChI is InChI=1S/C10H13ClO2/c1-13-9-4-5-10(11)8(7-9)3-2-6-12/h4-5,7,12H,2-3,6H2,1H3. The highest BCUT2D eigenvalue weighted by molar-refractivity contribution is 6.31. The van der Waals surface area contributed by atoms with Gasteiger partial charge in [0.05, 0.1) is 7.11 Å². The quantitative estimate of drug-likeness (QED) is 0.808. The third kappa shape index (κ3) is 2.90. The summed E-state index contributed by atoms with van der Waals surface area (Å²) in [6.07, 6.45) is 1.51. The number of aliphatic hydroxyl groups is 1. The van der Waals surface area contributed by atoms with Gasteiger partial charge in [0.2, 0.25) is 0 Å². The fourth-order valence-corrected chi connectivity index (χ4v) is 1.35. The van der Waals surface area contributed by atoms with Gasteiger partial charge in [-0.3, -0.25) is 0 Å². The first-order chi connectivity index (χ1) is 6.27. The second kappa shape index (κ2) is 5.10. The van der Waals surface area contributed by atoms with Crippen LogP contribution in [0.4, 0.5) is 0 Å². The lowest BCUT2D eigenvalue weighted by atomic mass is 10.1. The van der Waals surface area contributed by atoms with Crippen LogP contribution in [0.25, 0.3) is 0 Å². The summed E-state index contributed by atoms with van der Waals surface area (Å²) in [7, 11) is 1.62. The summed E-state index contributed by atoms with van der Waals surface area (Å²) in [6, 6.07) is 5.54. The van der Waals surface area contributed by atoms with E-state index in [2.05, 4.69) is 0 Å². The van der Waals surface area contributed by atoms with Gasteiger partial charge in [0.15, 0.2) is 0 Å². The number of aryl methyl sites for hydroxylation is 1. The molecule has 0 saturated heterocycles. The van der Waals surface area contributed by atoms with Crippen LogP contribution in [0.2, 0.25) is 5.02 Å². The molecule has 0 bridgehead atoms. The minimum absolute atomic E-state index is 0.188. The number of aliphatic hydroxyl groups excluding tert-OH is 1. The average molecular weight is 201 g/mol. The van der Waals surface area contributed by atoms with Crippen LogP contribution in [0, 0.1) is 0 Å². The zero-order valence-electron chi connectivity index (χ0n) is 7.59. The number of rotatable bonds is 4. The van der Waals surface area contributed by atoms with E-state index in [4.69, 9.17) is 21.4 Å². The van der Waals surface area contributed by atoms with Crippen molar-refractivity contribution >= 4 is 11.6 Å². The van der Waals surface area contributed by atoms with Gasteiger partial charge in [-0.25, -0.2) is 0 Å². The molecule has 0 aromatic heterocycles. The smallest absolute Gasteiger partial charge is 0.119 e. The molecule has 72 valence electrons. The zero-order valence-corrected chi connectivity index (χ0v) is 8.34. The van der Waals surface area contributed by atoms with Gasteiger partial charge >= 0.3 is 0 Å². The van der Waals surface area contributed by atoms with Gasteiger partial charge in [0.1, 0.15) is 5.75 Å². The van der Waals surface area contributed by atoms with Gasteiger partial charge in [0.25, 0.3) is 0 Å². The molecule has 1 aromatic carbocycles. The maximum atomic E-state index is 8.67. The Morgan fingerprint density at radius 3 is 2.85 bits per heavy atom. The first kappa shape index (κ1) is 10.4. The van der Waals surface area contributed by atoms with Crippen LogP contribution in [-0.2, 0) is 6.42 Å². The molecule has 1 rings (SSSR count). The van der Waals surface area contributed by atoms with E-state index in [1.807, 2.05) is 18.2 Å². The second-order valence-electron chi connectivity index (χ2n) is 2.78. The predicted octanol–water partition coefficient (Wildman–Crippen LogP) is 2.27. The molecule has 0 aliphatic rings. The van der Waals surface area contributed by atoms with Crippen molar-refractivity contribution in [2.75, 3.05) is 13.7 Å². The lowest BCUT2D eigenvalue weighted by molar-refractivity contribution is 0.288. The lowest BCUT2D eigenvalue weighted by Crippen LogP contribution is -1.92. The van der Waals surface area contributed by atoms with Gasteiger partial charge in [0, 0.05) is 11.6 Å². The molecule has 0 aliphatic heterocycles. The molecule has 0 amide bonds. The van der Waals surface area contributed by atoms with E-state index in [-0.39, 0.29) is 6.61 Å². The molecular weight excluding hydrogens is 188 g/mol. The SMILES string of the molecule is COc1ccc(Cl)c(CCCO)c1. The fraction of sp³-hybridized carbons (Fsp3) is 0.400. The number of benzene rings is 1. The molecule has 0 heterocycles. The molecule has 0 saturated carbocycles. The fourth-order valence-electron chi connectivity index (χ4n) is 1.14. The van der Waals surface area contributed by atoms with E-state index < -0.39 is 0 Å². The number of halogens is 1. The minimum Gasteiger partial charge on any atom is -0.497 e. The van der Waals surface area contributed by atoms with Crippen molar-refractivity contribution in [3.63, 3.8) is 0 Å². The van der Waals surface area contributed by atoms with Crippen molar-refractivity contribution in [3.8, 4) is 5.75 Å². The summed E-state index contributed by atoms with van der Waals surface area (Å²) in [5.74, 6) is 0.803. The van der Waals surface area contributed by atoms with Gasteiger partial charge in [-0.1, -0.05) is 11.6 Å². The second-order valence-corrected chi connectivity index (χ2v) is 3.19. The molecule has 1 N–H and O–H groups in total. The molecule has 0 atom stereocenters. The molecule has 0 unspecified atom stereocenters. The molecule has 0 radical (unpaired) electrons. The molecular formula is C10H13ClO2. The highest BCUT2D eigenvalue weighted by atomic mass is 35.5. The Morgan fingerprint density at radius 1 is 1.46 bits per heavy atom. The molecule has 2 nitrogen and oxygen atoms in total. The average Bonchev–Trinajstić information content (AvgIpc) is 2.17. The van der Waals surface area contributed by atoms with Crippen molar-refractivity contribution in [3.05, 3.63) is 28.8 Å². The Kier molecular flexibility index (Phi) is 4.06. The zero-order chi connectivity index (χ0) is 9.68. The molecule has 0 spiro atoms. The van der Waals surface area contributed by atoms with Crippen LogP contribution in [0.1, 0.15) is 12.0 Å². The van der Waals surface area contributed by atoms with Crippen molar-refractivity contribution in [2.45, 2.75) is 12.8 Å². The lowest BCUT2D eigenvalue weighted by Gasteiger charge is -2.05. The van der Waals surface area contributed by atoms with E-state index in [1.54, 1.807) is 7.11 Å². The van der Waals surface area contributed by atoms with Crippen LogP contribution in [-0.4, -0.2) is 18.8 Å². The van der Waals surface area contributed by atoms with Gasteiger partial charge in [-0.05, 0) is 36.6 Å². The van der Waals surface area contributed by atoms with Crippen LogP contribution >= 0.6 is 11.6 Å². The molecule has 1 aromatic rings. The largest absolute Gasteiger partial charge is 0.497 e. The normalized spacial score (nSPS) is 10.1. The van der Waals surface area contributed by atoms with Crippen LogP contribution in [0.5, 0.6) is 5.75 Å². The Bertz CT molecular complexity index is 274. The molecule has 0 fully saturated rings. The Morgan fingerprint density at radius 2 is 2.23 bits per heavy atom. The van der Waals surface area contributed by atoms with Gasteiger partial charge < -0.3 is 9.84 Å². The third-order valence-electron chi connectivity index (χ3n) is 1.86. The third-order valence-corrected chi connectivity index (χ3v) is 2.23. The predicted molar refractivity (Wildman–Crippen MR) is 53.4 cm³/mol. The van der Waals surface area contributed by atoms with Crippen molar-refractivity contribution in [2.24, 2.45) is 0 Å². The highest BCUT2D eigenvalue weighted by Gasteiger charge is 2.01. The van der Waals surface area contributed by atoms with E-state index in [0.29, 0.717) is 0 Å². The first-order valence-electron chi connectivity index (χ1n) is 4.21. The van der Waals surface area contributed by atoms with E-state index >= 15 is 0 Å². The van der Waals surface area contributed by atoms with Crippen LogP contribution in [0.15, 0.2) is 18.2 Å². The summed E-state index contributed by atoms with van der Waals surface area (Å²) >= 11 is 5.95. The summed E-state index contributed by atoms with van der Waals surface area (Å²) < 4.78 is 5.07. The van der Waals surface area contributed by atoms with Crippen LogP contribution in [0.3, 0.4) is 0 Å². The van der Waals surface area contributed by atoms with E-state index in [1.165, 1.54) is 0 Å². The summed E-state index contributed by atoms with van der Waals surface area (Å²) in [6.45, 7) is 0.188. The first-order valence-corrected chi connectivity index (χ1v) is 4.59. The van der Waals surface area contributed by atoms with E-state index in [9.17, 15) is 0 Å². The highest BCUT2D eigenvalue weighted by Crippen LogP contribution is 2.22. The maximum absolute atomic E-state index is 8.67. The van der Waals surface area contributed by atoms with Crippen molar-refractivity contribution in [1.29, 1.82) is 0 Å². The van der Waals surface area contributed by atoms with Gasteiger partial charge in [-0.15, -0.1) is 0 Å². The molecule has 3 heteroatoms. The summed E-state index contributed by atoms with van der Waals surface area (Å²) in [5.41, 5.74) is 1.02. The number of hydrogen-bond acceptors (Lipinski definition) is 2. The van der Waals surface area contributed by atoms with Crippen LogP contribution < -0.4 is 4.74 Å². The topological polar surface area (TPSA) is 29.5 Å². The number of hydrogen-bond donors (Lipinski definition) is 1. The Hall–Kier alpha value is -0.730. The van der Waals surface area contributed by atoms with E-state index in [0.717, 1.165) is 29.2 Å². The monoisotopic (exact) mass is 200 g/mol.